The number of ether oxygens (including phenoxy) is 1. The summed E-state index contributed by atoms with van der Waals surface area (Å²) in [4.78, 5) is 24.3. The minimum atomic E-state index is -0.511. The maximum absolute atomic E-state index is 12.4. The third-order valence-corrected chi connectivity index (χ3v) is 3.59. The number of hydrogen-bond acceptors (Lipinski definition) is 4. The van der Waals surface area contributed by atoms with E-state index in [9.17, 15) is 9.59 Å². The molecular weight excluding hydrogens is 282 g/mol. The number of benzene rings is 1. The molecule has 0 aliphatic rings. The molecule has 1 aromatic carbocycles. The van der Waals surface area contributed by atoms with E-state index in [1.165, 1.54) is 13.3 Å². The van der Waals surface area contributed by atoms with Gasteiger partial charge >= 0.3 is 5.97 Å². The summed E-state index contributed by atoms with van der Waals surface area (Å²) < 4.78 is 4.80. The molecule has 2 atom stereocenters. The first-order valence-corrected chi connectivity index (χ1v) is 6.98. The second-order valence-corrected chi connectivity index (χ2v) is 5.08. The lowest BCUT2D eigenvalue weighted by molar-refractivity contribution is -0.145. The van der Waals surface area contributed by atoms with Gasteiger partial charge in [0.15, 0.2) is 0 Å². The highest BCUT2D eigenvalue weighted by Crippen LogP contribution is 2.23. The molecule has 0 aliphatic heterocycles. The number of aromatic amines is 1. The fourth-order valence-corrected chi connectivity index (χ4v) is 2.28. The van der Waals surface area contributed by atoms with Gasteiger partial charge in [-0.15, -0.1) is 0 Å². The SMILES string of the molecule is COC(=O)[C@@H](C)[C@H](NC(=O)c1cn[nH]c1C)c1ccccc1. The summed E-state index contributed by atoms with van der Waals surface area (Å²) >= 11 is 0. The Kier molecular flexibility index (Phi) is 4.93. The number of esters is 1. The smallest absolute Gasteiger partial charge is 0.310 e. The maximum Gasteiger partial charge on any atom is 0.310 e. The van der Waals surface area contributed by atoms with Crippen molar-refractivity contribution in [3.8, 4) is 0 Å². The number of rotatable bonds is 5. The normalized spacial score (nSPS) is 13.2. The van der Waals surface area contributed by atoms with E-state index in [2.05, 4.69) is 15.5 Å². The summed E-state index contributed by atoms with van der Waals surface area (Å²) in [6.45, 7) is 3.50. The first-order chi connectivity index (χ1) is 10.5. The van der Waals surface area contributed by atoms with Crippen LogP contribution in [0.1, 0.15) is 34.6 Å². The average Bonchev–Trinajstić information content (AvgIpc) is 2.98. The highest BCUT2D eigenvalue weighted by molar-refractivity contribution is 5.95. The number of hydrogen-bond donors (Lipinski definition) is 2. The molecule has 0 unspecified atom stereocenters. The fourth-order valence-electron chi connectivity index (χ4n) is 2.28. The Labute approximate surface area is 128 Å². The van der Waals surface area contributed by atoms with Crippen LogP contribution in [0.15, 0.2) is 36.5 Å². The molecule has 6 heteroatoms. The van der Waals surface area contributed by atoms with Crippen LogP contribution in [0.4, 0.5) is 0 Å². The Morgan fingerprint density at radius 1 is 1.27 bits per heavy atom. The molecule has 0 radical (unpaired) electrons. The molecule has 1 heterocycles. The lowest BCUT2D eigenvalue weighted by atomic mass is 9.94. The van der Waals surface area contributed by atoms with Crippen LogP contribution in [0.25, 0.3) is 0 Å². The van der Waals surface area contributed by atoms with Gasteiger partial charge in [-0.2, -0.15) is 5.10 Å². The van der Waals surface area contributed by atoms with Gasteiger partial charge in [0.2, 0.25) is 0 Å². The first kappa shape index (κ1) is 15.8. The number of nitrogens with zero attached hydrogens (tertiary/aromatic N) is 1. The van der Waals surface area contributed by atoms with Crippen molar-refractivity contribution in [3.63, 3.8) is 0 Å². The first-order valence-electron chi connectivity index (χ1n) is 6.98. The van der Waals surface area contributed by atoms with E-state index in [0.29, 0.717) is 11.3 Å². The Bertz CT molecular complexity index is 652. The topological polar surface area (TPSA) is 84.1 Å². The predicted molar refractivity (Wildman–Crippen MR) is 81.2 cm³/mol. The molecule has 0 saturated heterocycles. The largest absolute Gasteiger partial charge is 0.469 e. The van der Waals surface area contributed by atoms with Crippen molar-refractivity contribution in [1.82, 2.24) is 15.5 Å². The number of H-pyrrole nitrogens is 1. The van der Waals surface area contributed by atoms with Crippen LogP contribution in [0.2, 0.25) is 0 Å². The summed E-state index contributed by atoms with van der Waals surface area (Å²) in [5, 5.41) is 9.46. The van der Waals surface area contributed by atoms with E-state index in [-0.39, 0.29) is 11.9 Å². The maximum atomic E-state index is 12.4. The highest BCUT2D eigenvalue weighted by atomic mass is 16.5. The number of aryl methyl sites for hydroxylation is 1. The van der Waals surface area contributed by atoms with Crippen LogP contribution >= 0.6 is 0 Å². The average molecular weight is 301 g/mol. The molecule has 0 spiro atoms. The summed E-state index contributed by atoms with van der Waals surface area (Å²) in [6.07, 6.45) is 1.47. The molecule has 1 amide bonds. The number of aromatic nitrogens is 2. The minimum Gasteiger partial charge on any atom is -0.469 e. The zero-order valence-corrected chi connectivity index (χ0v) is 12.8. The molecule has 116 valence electrons. The molecule has 2 rings (SSSR count). The van der Waals surface area contributed by atoms with Gasteiger partial charge in [0.1, 0.15) is 0 Å². The molecule has 2 aromatic rings. The van der Waals surface area contributed by atoms with Crippen molar-refractivity contribution in [3.05, 3.63) is 53.3 Å². The van der Waals surface area contributed by atoms with Crippen molar-refractivity contribution in [2.75, 3.05) is 7.11 Å². The van der Waals surface area contributed by atoms with Crippen molar-refractivity contribution < 1.29 is 14.3 Å². The number of methoxy groups -OCH3 is 1. The second-order valence-electron chi connectivity index (χ2n) is 5.08. The molecule has 1 aromatic heterocycles. The van der Waals surface area contributed by atoms with Crippen molar-refractivity contribution in [2.45, 2.75) is 19.9 Å². The van der Waals surface area contributed by atoms with Crippen LogP contribution in [-0.2, 0) is 9.53 Å². The van der Waals surface area contributed by atoms with Crippen LogP contribution in [-0.4, -0.2) is 29.2 Å². The van der Waals surface area contributed by atoms with E-state index < -0.39 is 12.0 Å². The molecule has 0 bridgehead atoms. The molecule has 0 saturated carbocycles. The number of amides is 1. The number of nitrogens with one attached hydrogen (secondary N) is 2. The third kappa shape index (κ3) is 3.33. The molecule has 22 heavy (non-hydrogen) atoms. The Morgan fingerprint density at radius 3 is 2.50 bits per heavy atom. The molecule has 0 fully saturated rings. The van der Waals surface area contributed by atoms with Crippen LogP contribution < -0.4 is 5.32 Å². The number of carbonyl (C=O) groups is 2. The summed E-state index contributed by atoms with van der Waals surface area (Å²) in [6, 6.07) is 8.86. The van der Waals surface area contributed by atoms with Gasteiger partial charge in [-0.05, 0) is 19.4 Å². The Balaban J connectivity index is 2.27. The van der Waals surface area contributed by atoms with Gasteiger partial charge in [-0.3, -0.25) is 14.7 Å². The van der Waals surface area contributed by atoms with Crippen molar-refractivity contribution >= 4 is 11.9 Å². The molecular formula is C16H19N3O3. The fraction of sp³-hybridized carbons (Fsp3) is 0.312. The highest BCUT2D eigenvalue weighted by Gasteiger charge is 2.28. The van der Waals surface area contributed by atoms with E-state index in [4.69, 9.17) is 4.74 Å². The van der Waals surface area contributed by atoms with Gasteiger partial charge in [-0.1, -0.05) is 30.3 Å². The van der Waals surface area contributed by atoms with E-state index in [0.717, 1.165) is 5.56 Å². The van der Waals surface area contributed by atoms with Crippen LogP contribution in [0.3, 0.4) is 0 Å². The van der Waals surface area contributed by atoms with Gasteiger partial charge in [0.05, 0.1) is 30.8 Å². The Morgan fingerprint density at radius 2 is 1.95 bits per heavy atom. The minimum absolute atomic E-state index is 0.282. The summed E-state index contributed by atoms with van der Waals surface area (Å²) in [5.74, 6) is -1.17. The van der Waals surface area contributed by atoms with Gasteiger partial charge in [0, 0.05) is 5.69 Å². The summed E-state index contributed by atoms with van der Waals surface area (Å²) in [5.41, 5.74) is 1.97. The second kappa shape index (κ2) is 6.89. The zero-order valence-electron chi connectivity index (χ0n) is 12.8. The van der Waals surface area contributed by atoms with Gasteiger partial charge in [0.25, 0.3) is 5.91 Å². The van der Waals surface area contributed by atoms with Crippen LogP contribution in [0.5, 0.6) is 0 Å². The van der Waals surface area contributed by atoms with Gasteiger partial charge in [-0.25, -0.2) is 0 Å². The van der Waals surface area contributed by atoms with E-state index >= 15 is 0 Å². The third-order valence-electron chi connectivity index (χ3n) is 3.59. The number of carbonyl (C=O) groups excluding carboxylic acids is 2. The van der Waals surface area contributed by atoms with Crippen LogP contribution in [0, 0.1) is 12.8 Å². The summed E-state index contributed by atoms with van der Waals surface area (Å²) in [7, 11) is 1.34. The van der Waals surface area contributed by atoms with Crippen molar-refractivity contribution in [1.29, 1.82) is 0 Å². The standard InChI is InChI=1S/C16H19N3O3/c1-10(16(21)22-3)14(12-7-5-4-6-8-12)18-15(20)13-9-17-19-11(13)2/h4-10,14H,1-3H3,(H,17,19)(H,18,20)/t10-,14-/m0/s1. The van der Waals surface area contributed by atoms with Crippen molar-refractivity contribution in [2.24, 2.45) is 5.92 Å². The van der Waals surface area contributed by atoms with E-state index in [1.54, 1.807) is 13.8 Å². The van der Waals surface area contributed by atoms with E-state index in [1.807, 2.05) is 30.3 Å². The lowest BCUT2D eigenvalue weighted by Crippen LogP contribution is -2.36. The molecule has 0 aliphatic carbocycles. The monoisotopic (exact) mass is 301 g/mol. The van der Waals surface area contributed by atoms with Gasteiger partial charge < -0.3 is 10.1 Å². The zero-order chi connectivity index (χ0) is 16.1. The predicted octanol–water partition coefficient (Wildman–Crippen LogP) is 2.00. The molecule has 6 nitrogen and oxygen atoms in total. The Hall–Kier alpha value is -2.63. The lowest BCUT2D eigenvalue weighted by Gasteiger charge is -2.24. The quantitative estimate of drug-likeness (QED) is 0.827. The molecule has 2 N–H and O–H groups in total.